The Hall–Kier alpha value is -3.84. The minimum atomic E-state index is -0.874. The molecule has 0 aliphatic heterocycles. The van der Waals surface area contributed by atoms with Gasteiger partial charge in [0.05, 0.1) is 13.3 Å². The van der Waals surface area contributed by atoms with Gasteiger partial charge in [0, 0.05) is 22.7 Å². The van der Waals surface area contributed by atoms with Crippen molar-refractivity contribution in [1.29, 1.82) is 0 Å². The molecule has 0 spiro atoms. The molecule has 3 aromatic rings. The maximum Gasteiger partial charge on any atom is 0.329 e. The maximum atomic E-state index is 12.1. The van der Waals surface area contributed by atoms with Crippen LogP contribution in [-0.4, -0.2) is 25.1 Å². The van der Waals surface area contributed by atoms with E-state index in [0.29, 0.717) is 28.0 Å². The summed E-state index contributed by atoms with van der Waals surface area (Å²) in [6, 6.07) is 20.5. The van der Waals surface area contributed by atoms with Crippen molar-refractivity contribution in [3.8, 4) is 11.5 Å². The molecular weight excluding hydrogens is 466 g/mol. The van der Waals surface area contributed by atoms with Gasteiger partial charge in [-0.2, -0.15) is 5.10 Å². The molecule has 0 fully saturated rings. The van der Waals surface area contributed by atoms with Crippen LogP contribution in [0, 0.1) is 0 Å². The number of rotatable bonds is 9. The van der Waals surface area contributed by atoms with Crippen molar-refractivity contribution in [2.45, 2.75) is 32.9 Å². The fourth-order valence-corrected chi connectivity index (χ4v) is 3.40. The Bertz CT molecular complexity index is 1190. The molecule has 0 saturated heterocycles. The van der Waals surface area contributed by atoms with Gasteiger partial charge in [-0.05, 0) is 35.2 Å². The molecule has 0 aliphatic carbocycles. The van der Waals surface area contributed by atoms with Crippen LogP contribution in [0.1, 0.15) is 42.0 Å². The highest BCUT2D eigenvalue weighted by molar-refractivity contribution is 6.35. The largest absolute Gasteiger partial charge is 0.493 e. The molecule has 0 saturated carbocycles. The van der Waals surface area contributed by atoms with E-state index in [1.165, 1.54) is 18.9 Å². The topological polar surface area (TPSA) is 89.0 Å². The summed E-state index contributed by atoms with van der Waals surface area (Å²) in [5, 5.41) is 7.09. The number of nitrogens with one attached hydrogen (secondary N) is 2. The van der Waals surface area contributed by atoms with E-state index in [2.05, 4.69) is 29.7 Å². The lowest BCUT2D eigenvalue weighted by Gasteiger charge is -2.13. The summed E-state index contributed by atoms with van der Waals surface area (Å²) < 4.78 is 11.3. The van der Waals surface area contributed by atoms with E-state index in [-0.39, 0.29) is 13.2 Å². The third kappa shape index (κ3) is 7.32. The second-order valence-electron chi connectivity index (χ2n) is 8.04. The molecular formula is C27H28ClN3O4. The summed E-state index contributed by atoms with van der Waals surface area (Å²) in [6.45, 7) is 4.68. The predicted molar refractivity (Wildman–Crippen MR) is 137 cm³/mol. The third-order valence-electron chi connectivity index (χ3n) is 5.23. The molecule has 0 unspecified atom stereocenters. The molecule has 8 heteroatoms. The first-order valence-electron chi connectivity index (χ1n) is 11.1. The van der Waals surface area contributed by atoms with Crippen molar-refractivity contribution in [3.63, 3.8) is 0 Å². The zero-order valence-electron chi connectivity index (χ0n) is 19.9. The van der Waals surface area contributed by atoms with Gasteiger partial charge in [-0.3, -0.25) is 9.59 Å². The number of hydrogen-bond donors (Lipinski definition) is 2. The second-order valence-corrected chi connectivity index (χ2v) is 8.44. The maximum absolute atomic E-state index is 12.1. The molecule has 182 valence electrons. The number of carbonyl (C=O) groups is 2. The number of carbonyl (C=O) groups excluding carboxylic acids is 2. The van der Waals surface area contributed by atoms with Gasteiger partial charge in [0.1, 0.15) is 6.61 Å². The first-order chi connectivity index (χ1) is 16.9. The predicted octanol–water partition coefficient (Wildman–Crippen LogP) is 4.82. The van der Waals surface area contributed by atoms with Crippen LogP contribution in [0.25, 0.3) is 0 Å². The normalized spacial score (nSPS) is 10.9. The highest BCUT2D eigenvalue weighted by Crippen LogP contribution is 2.31. The standard InChI is InChI=1S/C27H28ClN3O4/c1-18(2)20-13-11-19(12-14-20)15-29-26(32)27(33)31-30-16-21-8-6-10-24(34-3)25(21)35-17-22-7-4-5-9-23(22)28/h4-14,16,18H,15,17H2,1-3H3,(H,29,32)(H,31,33)/b30-16-. The number of halogens is 1. The SMILES string of the molecule is COc1cccc(/C=N\NC(=O)C(=O)NCc2ccc(C(C)C)cc2)c1OCc1ccccc1Cl. The summed E-state index contributed by atoms with van der Waals surface area (Å²) in [5.74, 6) is -0.304. The highest BCUT2D eigenvalue weighted by Gasteiger charge is 2.14. The van der Waals surface area contributed by atoms with Crippen molar-refractivity contribution >= 4 is 29.6 Å². The van der Waals surface area contributed by atoms with Crippen LogP contribution in [-0.2, 0) is 22.7 Å². The molecule has 3 aromatic carbocycles. The highest BCUT2D eigenvalue weighted by atomic mass is 35.5. The Morgan fingerprint density at radius 3 is 2.43 bits per heavy atom. The monoisotopic (exact) mass is 493 g/mol. The summed E-state index contributed by atoms with van der Waals surface area (Å²) in [5.41, 5.74) is 5.72. The number of nitrogens with zero attached hydrogens (tertiary/aromatic N) is 1. The van der Waals surface area contributed by atoms with Crippen LogP contribution >= 0.6 is 11.6 Å². The summed E-state index contributed by atoms with van der Waals surface area (Å²) in [6.07, 6.45) is 1.39. The quantitative estimate of drug-likeness (QED) is 0.254. The van der Waals surface area contributed by atoms with Crippen LogP contribution < -0.4 is 20.2 Å². The van der Waals surface area contributed by atoms with Gasteiger partial charge in [0.15, 0.2) is 11.5 Å². The summed E-state index contributed by atoms with van der Waals surface area (Å²) >= 11 is 6.21. The smallest absolute Gasteiger partial charge is 0.329 e. The zero-order valence-corrected chi connectivity index (χ0v) is 20.6. The first kappa shape index (κ1) is 25.8. The Morgan fingerprint density at radius 1 is 1.00 bits per heavy atom. The second kappa shape index (κ2) is 12.6. The molecule has 0 atom stereocenters. The fraction of sp³-hybridized carbons (Fsp3) is 0.222. The van der Waals surface area contributed by atoms with Crippen LogP contribution in [0.4, 0.5) is 0 Å². The molecule has 0 aromatic heterocycles. The van der Waals surface area contributed by atoms with E-state index in [9.17, 15) is 9.59 Å². The van der Waals surface area contributed by atoms with E-state index in [1.54, 1.807) is 24.3 Å². The zero-order chi connectivity index (χ0) is 25.2. The number of hydrazone groups is 1. The van der Waals surface area contributed by atoms with Crippen LogP contribution in [0.15, 0.2) is 71.8 Å². The molecule has 2 amide bonds. The molecule has 7 nitrogen and oxygen atoms in total. The van der Waals surface area contributed by atoms with Crippen LogP contribution in [0.2, 0.25) is 5.02 Å². The van der Waals surface area contributed by atoms with Crippen molar-refractivity contribution in [2.24, 2.45) is 5.10 Å². The van der Waals surface area contributed by atoms with Crippen molar-refractivity contribution in [2.75, 3.05) is 7.11 Å². The van der Waals surface area contributed by atoms with E-state index >= 15 is 0 Å². The average Bonchev–Trinajstić information content (AvgIpc) is 2.87. The lowest BCUT2D eigenvalue weighted by molar-refractivity contribution is -0.139. The molecule has 2 N–H and O–H groups in total. The molecule has 35 heavy (non-hydrogen) atoms. The van der Waals surface area contributed by atoms with E-state index < -0.39 is 11.8 Å². The Balaban J connectivity index is 1.59. The summed E-state index contributed by atoms with van der Waals surface area (Å²) in [4.78, 5) is 24.3. The van der Waals surface area contributed by atoms with Crippen LogP contribution in [0.5, 0.6) is 11.5 Å². The number of para-hydroxylation sites is 1. The van der Waals surface area contributed by atoms with Gasteiger partial charge in [-0.25, -0.2) is 5.43 Å². The number of ether oxygens (including phenoxy) is 2. The van der Waals surface area contributed by atoms with E-state index in [0.717, 1.165) is 11.1 Å². The summed E-state index contributed by atoms with van der Waals surface area (Å²) in [7, 11) is 1.53. The third-order valence-corrected chi connectivity index (χ3v) is 5.60. The minimum absolute atomic E-state index is 0.216. The first-order valence-corrected chi connectivity index (χ1v) is 11.5. The van der Waals surface area contributed by atoms with E-state index in [1.807, 2.05) is 42.5 Å². The lowest BCUT2D eigenvalue weighted by atomic mass is 10.0. The Labute approximate surface area is 210 Å². The van der Waals surface area contributed by atoms with Crippen molar-refractivity contribution < 1.29 is 19.1 Å². The molecule has 0 radical (unpaired) electrons. The molecule has 0 aliphatic rings. The Kier molecular flexibility index (Phi) is 9.26. The Morgan fingerprint density at radius 2 is 1.74 bits per heavy atom. The van der Waals surface area contributed by atoms with Gasteiger partial charge in [0.2, 0.25) is 0 Å². The number of amides is 2. The van der Waals surface area contributed by atoms with Gasteiger partial charge < -0.3 is 14.8 Å². The minimum Gasteiger partial charge on any atom is -0.493 e. The number of methoxy groups -OCH3 is 1. The number of benzene rings is 3. The lowest BCUT2D eigenvalue weighted by Crippen LogP contribution is -2.37. The van der Waals surface area contributed by atoms with E-state index in [4.69, 9.17) is 21.1 Å². The molecule has 0 bridgehead atoms. The van der Waals surface area contributed by atoms with Crippen LogP contribution in [0.3, 0.4) is 0 Å². The van der Waals surface area contributed by atoms with Gasteiger partial charge >= 0.3 is 11.8 Å². The molecule has 3 rings (SSSR count). The average molecular weight is 494 g/mol. The van der Waals surface area contributed by atoms with Crippen molar-refractivity contribution in [3.05, 3.63) is 94.0 Å². The van der Waals surface area contributed by atoms with Gasteiger partial charge in [-0.15, -0.1) is 0 Å². The molecule has 0 heterocycles. The van der Waals surface area contributed by atoms with Crippen molar-refractivity contribution in [1.82, 2.24) is 10.7 Å². The van der Waals surface area contributed by atoms with Gasteiger partial charge in [0.25, 0.3) is 0 Å². The fourth-order valence-electron chi connectivity index (χ4n) is 3.21. The number of hydrogen-bond acceptors (Lipinski definition) is 5. The van der Waals surface area contributed by atoms with Gasteiger partial charge in [-0.1, -0.05) is 74.0 Å².